The van der Waals surface area contributed by atoms with Crippen molar-refractivity contribution in [3.05, 3.63) is 54.2 Å². The van der Waals surface area contributed by atoms with E-state index in [-0.39, 0.29) is 18.7 Å². The molecule has 5 heteroatoms. The van der Waals surface area contributed by atoms with Crippen LogP contribution in [0.1, 0.15) is 17.5 Å². The van der Waals surface area contributed by atoms with Crippen LogP contribution >= 0.6 is 0 Å². The van der Waals surface area contributed by atoms with Gasteiger partial charge in [-0.1, -0.05) is 37.4 Å². The van der Waals surface area contributed by atoms with E-state index in [2.05, 4.69) is 18.2 Å². The van der Waals surface area contributed by atoms with Crippen molar-refractivity contribution < 1.29 is 8.78 Å². The SMILES string of the molecule is C=C(C#N)N=CC(=C)c1ccc(CN2CCC(F)(F)C2)cc1. The van der Waals surface area contributed by atoms with Crippen molar-refractivity contribution in [1.82, 2.24) is 4.90 Å². The molecule has 0 atom stereocenters. The average molecular weight is 301 g/mol. The standard InChI is InChI=1S/C17H17F2N3/c1-13(10-21-14(2)9-20)16-5-3-15(4-6-16)11-22-8-7-17(18,19)12-22/h3-6,10H,1-2,7-8,11-12H2. The van der Waals surface area contributed by atoms with E-state index in [1.165, 1.54) is 6.21 Å². The van der Waals surface area contributed by atoms with Crippen LogP contribution < -0.4 is 0 Å². The summed E-state index contributed by atoms with van der Waals surface area (Å²) in [5.41, 5.74) is 2.63. The van der Waals surface area contributed by atoms with Crippen molar-refractivity contribution in [2.45, 2.75) is 18.9 Å². The third kappa shape index (κ3) is 4.34. The van der Waals surface area contributed by atoms with Crippen molar-refractivity contribution in [3.8, 4) is 6.07 Å². The topological polar surface area (TPSA) is 39.4 Å². The molecular formula is C17H17F2N3. The van der Waals surface area contributed by atoms with Crippen molar-refractivity contribution in [2.24, 2.45) is 4.99 Å². The molecule has 0 unspecified atom stereocenters. The first-order valence-corrected chi connectivity index (χ1v) is 6.91. The summed E-state index contributed by atoms with van der Waals surface area (Å²) in [6, 6.07) is 9.35. The van der Waals surface area contributed by atoms with E-state index in [9.17, 15) is 8.78 Å². The molecule has 0 aliphatic carbocycles. The van der Waals surface area contributed by atoms with Crippen molar-refractivity contribution in [3.63, 3.8) is 0 Å². The maximum absolute atomic E-state index is 13.1. The van der Waals surface area contributed by atoms with Gasteiger partial charge in [0.25, 0.3) is 5.92 Å². The summed E-state index contributed by atoms with van der Waals surface area (Å²) in [5, 5.41) is 8.58. The molecule has 0 radical (unpaired) electrons. The van der Waals surface area contributed by atoms with Gasteiger partial charge in [0, 0.05) is 25.7 Å². The fourth-order valence-corrected chi connectivity index (χ4v) is 2.28. The van der Waals surface area contributed by atoms with Crippen molar-refractivity contribution in [1.29, 1.82) is 5.26 Å². The zero-order chi connectivity index (χ0) is 16.2. The van der Waals surface area contributed by atoms with Crippen molar-refractivity contribution in [2.75, 3.05) is 13.1 Å². The first kappa shape index (κ1) is 16.1. The van der Waals surface area contributed by atoms with E-state index < -0.39 is 5.92 Å². The average Bonchev–Trinajstić information content (AvgIpc) is 2.84. The molecule has 1 aromatic rings. The molecule has 0 aromatic heterocycles. The van der Waals surface area contributed by atoms with Gasteiger partial charge in [0.05, 0.1) is 6.54 Å². The van der Waals surface area contributed by atoms with Gasteiger partial charge in [-0.05, 0) is 16.7 Å². The second-order valence-corrected chi connectivity index (χ2v) is 5.36. The molecule has 1 aromatic carbocycles. The molecule has 0 amide bonds. The number of nitrogens with zero attached hydrogens (tertiary/aromatic N) is 3. The predicted octanol–water partition coefficient (Wildman–Crippen LogP) is 3.65. The lowest BCUT2D eigenvalue weighted by molar-refractivity contribution is 0.0115. The molecule has 0 bridgehead atoms. The number of benzene rings is 1. The van der Waals surface area contributed by atoms with Gasteiger partial charge in [0.15, 0.2) is 0 Å². The fraction of sp³-hybridized carbons (Fsp3) is 0.294. The molecule has 0 N–H and O–H groups in total. The number of nitriles is 1. The maximum Gasteiger partial charge on any atom is 0.261 e. The molecule has 0 saturated carbocycles. The second kappa shape index (κ2) is 6.63. The van der Waals surface area contributed by atoms with E-state index in [1.54, 1.807) is 4.90 Å². The van der Waals surface area contributed by atoms with Crippen LogP contribution in [0.5, 0.6) is 0 Å². The van der Waals surface area contributed by atoms with Crippen LogP contribution in [0.4, 0.5) is 8.78 Å². The van der Waals surface area contributed by atoms with Crippen molar-refractivity contribution >= 4 is 11.8 Å². The number of halogens is 2. The Labute approximate surface area is 128 Å². The van der Waals surface area contributed by atoms with Gasteiger partial charge >= 0.3 is 0 Å². The molecule has 1 aliphatic heterocycles. The molecule has 22 heavy (non-hydrogen) atoms. The van der Waals surface area contributed by atoms with Gasteiger partial charge in [-0.15, -0.1) is 0 Å². The van der Waals surface area contributed by atoms with Gasteiger partial charge in [0.2, 0.25) is 0 Å². The molecule has 1 fully saturated rings. The first-order valence-electron chi connectivity index (χ1n) is 6.91. The highest BCUT2D eigenvalue weighted by Crippen LogP contribution is 2.27. The van der Waals surface area contributed by atoms with Gasteiger partial charge in [-0.25, -0.2) is 13.8 Å². The summed E-state index contributed by atoms with van der Waals surface area (Å²) in [6.45, 7) is 8.09. The van der Waals surface area contributed by atoms with Gasteiger partial charge < -0.3 is 0 Å². The Morgan fingerprint density at radius 2 is 2.05 bits per heavy atom. The highest BCUT2D eigenvalue weighted by atomic mass is 19.3. The fourth-order valence-electron chi connectivity index (χ4n) is 2.28. The van der Waals surface area contributed by atoms with Crippen LogP contribution in [0, 0.1) is 11.3 Å². The van der Waals surface area contributed by atoms with E-state index in [0.29, 0.717) is 18.7 Å². The van der Waals surface area contributed by atoms with E-state index in [1.807, 2.05) is 30.3 Å². The molecule has 0 spiro atoms. The maximum atomic E-state index is 13.1. The van der Waals surface area contributed by atoms with Crippen LogP contribution in [-0.4, -0.2) is 30.1 Å². The minimum absolute atomic E-state index is 0.0683. The van der Waals surface area contributed by atoms with Crippen LogP contribution in [0.15, 0.2) is 48.1 Å². The van der Waals surface area contributed by atoms with E-state index in [4.69, 9.17) is 5.26 Å². The highest BCUT2D eigenvalue weighted by Gasteiger charge is 2.37. The Morgan fingerprint density at radius 1 is 1.36 bits per heavy atom. The third-order valence-corrected chi connectivity index (χ3v) is 3.48. The lowest BCUT2D eigenvalue weighted by Gasteiger charge is -2.15. The normalized spacial score (nSPS) is 17.5. The molecule has 1 saturated heterocycles. The molecule has 2 rings (SSSR count). The Kier molecular flexibility index (Phi) is 4.84. The van der Waals surface area contributed by atoms with Crippen LogP contribution in [0.3, 0.4) is 0 Å². The molecule has 114 valence electrons. The van der Waals surface area contributed by atoms with Crippen LogP contribution in [0.2, 0.25) is 0 Å². The Hall–Kier alpha value is -2.32. The summed E-state index contributed by atoms with van der Waals surface area (Å²) >= 11 is 0. The predicted molar refractivity (Wildman–Crippen MR) is 83.6 cm³/mol. The van der Waals surface area contributed by atoms with Gasteiger partial charge in [-0.3, -0.25) is 4.90 Å². The zero-order valence-electron chi connectivity index (χ0n) is 12.2. The number of hydrogen-bond donors (Lipinski definition) is 0. The lowest BCUT2D eigenvalue weighted by Crippen LogP contribution is -2.24. The number of likely N-dealkylation sites (tertiary alicyclic amines) is 1. The zero-order valence-corrected chi connectivity index (χ0v) is 12.2. The summed E-state index contributed by atoms with van der Waals surface area (Å²) in [6.07, 6.45) is 1.42. The minimum atomic E-state index is -2.56. The van der Waals surface area contributed by atoms with Crippen LogP contribution in [-0.2, 0) is 6.54 Å². The largest absolute Gasteiger partial charge is 0.293 e. The van der Waals surface area contributed by atoms with E-state index >= 15 is 0 Å². The molecule has 1 heterocycles. The van der Waals surface area contributed by atoms with E-state index in [0.717, 1.165) is 11.1 Å². The number of hydrogen-bond acceptors (Lipinski definition) is 3. The number of aliphatic imine (C=N–C) groups is 1. The number of rotatable bonds is 5. The van der Waals surface area contributed by atoms with Gasteiger partial charge in [-0.2, -0.15) is 5.26 Å². The Balaban J connectivity index is 1.96. The highest BCUT2D eigenvalue weighted by molar-refractivity contribution is 6.09. The summed E-state index contributed by atoms with van der Waals surface area (Å²) in [4.78, 5) is 5.62. The summed E-state index contributed by atoms with van der Waals surface area (Å²) in [7, 11) is 0. The number of alkyl halides is 2. The second-order valence-electron chi connectivity index (χ2n) is 5.36. The molecule has 3 nitrogen and oxygen atoms in total. The number of allylic oxidation sites excluding steroid dienone is 2. The third-order valence-electron chi connectivity index (χ3n) is 3.48. The smallest absolute Gasteiger partial charge is 0.261 e. The Morgan fingerprint density at radius 3 is 2.59 bits per heavy atom. The summed E-state index contributed by atoms with van der Waals surface area (Å²) < 4.78 is 26.3. The summed E-state index contributed by atoms with van der Waals surface area (Å²) in [5.74, 6) is -2.56. The monoisotopic (exact) mass is 301 g/mol. The van der Waals surface area contributed by atoms with Crippen LogP contribution in [0.25, 0.3) is 5.57 Å². The minimum Gasteiger partial charge on any atom is -0.293 e. The molecule has 1 aliphatic rings. The first-order chi connectivity index (χ1) is 10.4. The van der Waals surface area contributed by atoms with Gasteiger partial charge in [0.1, 0.15) is 11.8 Å². The molecular weight excluding hydrogens is 284 g/mol. The quantitative estimate of drug-likeness (QED) is 0.615. The Bertz CT molecular complexity index is 639. The lowest BCUT2D eigenvalue weighted by atomic mass is 10.1.